The van der Waals surface area contributed by atoms with Gasteiger partial charge in [-0.25, -0.2) is 0 Å². The summed E-state index contributed by atoms with van der Waals surface area (Å²) < 4.78 is 0. The maximum Gasteiger partial charge on any atom is 0.0596 e. The van der Waals surface area contributed by atoms with Crippen molar-refractivity contribution in [1.82, 2.24) is 0 Å². The first-order valence-corrected chi connectivity index (χ1v) is 7.37. The Balaban J connectivity index is 2.42. The van der Waals surface area contributed by atoms with Crippen LogP contribution in [0.1, 0.15) is 72.1 Å². The molecular weight excluding hydrogens is 196 g/mol. The Bertz CT molecular complexity index is 164. The lowest BCUT2D eigenvalue weighted by Gasteiger charge is -2.34. The number of aliphatic hydroxyl groups excluding tert-OH is 1. The van der Waals surface area contributed by atoms with Crippen LogP contribution in [0.25, 0.3) is 0 Å². The van der Waals surface area contributed by atoms with Crippen molar-refractivity contribution in [2.75, 3.05) is 0 Å². The van der Waals surface area contributed by atoms with Gasteiger partial charge in [0, 0.05) is 0 Å². The van der Waals surface area contributed by atoms with Crippen molar-refractivity contribution in [3.8, 4) is 0 Å². The summed E-state index contributed by atoms with van der Waals surface area (Å²) in [5.74, 6) is 2.05. The molecule has 0 aromatic heterocycles. The van der Waals surface area contributed by atoms with Crippen molar-refractivity contribution in [2.45, 2.75) is 78.2 Å². The SMILES string of the molecule is CCCC(CCC)C(O)C1CCC(C)CC1. The van der Waals surface area contributed by atoms with Crippen molar-refractivity contribution in [2.24, 2.45) is 17.8 Å². The van der Waals surface area contributed by atoms with E-state index in [-0.39, 0.29) is 6.10 Å². The van der Waals surface area contributed by atoms with Crippen LogP contribution in [-0.4, -0.2) is 11.2 Å². The van der Waals surface area contributed by atoms with Gasteiger partial charge in [0.1, 0.15) is 0 Å². The molecule has 1 unspecified atom stereocenters. The second-order valence-electron chi connectivity index (χ2n) is 5.85. The summed E-state index contributed by atoms with van der Waals surface area (Å²) in [5, 5.41) is 10.5. The van der Waals surface area contributed by atoms with E-state index in [2.05, 4.69) is 20.8 Å². The second-order valence-corrected chi connectivity index (χ2v) is 5.85. The van der Waals surface area contributed by atoms with Crippen LogP contribution in [0.4, 0.5) is 0 Å². The molecule has 0 saturated heterocycles. The lowest BCUT2D eigenvalue weighted by atomic mass is 9.75. The van der Waals surface area contributed by atoms with E-state index in [1.54, 1.807) is 0 Å². The van der Waals surface area contributed by atoms with Crippen molar-refractivity contribution >= 4 is 0 Å². The molecule has 0 amide bonds. The summed E-state index contributed by atoms with van der Waals surface area (Å²) in [6.45, 7) is 6.81. The van der Waals surface area contributed by atoms with Crippen LogP contribution in [0.3, 0.4) is 0 Å². The summed E-state index contributed by atoms with van der Waals surface area (Å²) >= 11 is 0. The van der Waals surface area contributed by atoms with Gasteiger partial charge < -0.3 is 5.11 Å². The quantitative estimate of drug-likeness (QED) is 0.712. The first kappa shape index (κ1) is 14.0. The fourth-order valence-electron chi connectivity index (χ4n) is 3.24. The van der Waals surface area contributed by atoms with Crippen molar-refractivity contribution in [3.63, 3.8) is 0 Å². The van der Waals surface area contributed by atoms with E-state index < -0.39 is 0 Å². The third-order valence-electron chi connectivity index (χ3n) is 4.35. The van der Waals surface area contributed by atoms with Gasteiger partial charge >= 0.3 is 0 Å². The zero-order chi connectivity index (χ0) is 12.0. The summed E-state index contributed by atoms with van der Waals surface area (Å²) in [6.07, 6.45) is 9.99. The van der Waals surface area contributed by atoms with Crippen LogP contribution in [0.5, 0.6) is 0 Å². The molecule has 0 aromatic rings. The zero-order valence-electron chi connectivity index (χ0n) is 11.4. The van der Waals surface area contributed by atoms with Gasteiger partial charge in [0.25, 0.3) is 0 Å². The standard InChI is InChI=1S/C15H30O/c1-4-6-13(7-5-2)15(16)14-10-8-12(3)9-11-14/h12-16H,4-11H2,1-3H3. The van der Waals surface area contributed by atoms with Gasteiger partial charge in [-0.2, -0.15) is 0 Å². The summed E-state index contributed by atoms with van der Waals surface area (Å²) in [5.41, 5.74) is 0. The predicted molar refractivity (Wildman–Crippen MR) is 70.4 cm³/mol. The highest BCUT2D eigenvalue weighted by molar-refractivity contribution is 4.80. The first-order valence-electron chi connectivity index (χ1n) is 7.37. The maximum absolute atomic E-state index is 10.5. The van der Waals surface area contributed by atoms with E-state index in [9.17, 15) is 5.11 Å². The summed E-state index contributed by atoms with van der Waals surface area (Å²) in [7, 11) is 0. The van der Waals surface area contributed by atoms with Crippen LogP contribution in [-0.2, 0) is 0 Å². The highest BCUT2D eigenvalue weighted by atomic mass is 16.3. The van der Waals surface area contributed by atoms with E-state index in [0.717, 1.165) is 5.92 Å². The largest absolute Gasteiger partial charge is 0.393 e. The van der Waals surface area contributed by atoms with Crippen LogP contribution in [0.2, 0.25) is 0 Å². The molecule has 1 aliphatic rings. The molecule has 0 aromatic carbocycles. The van der Waals surface area contributed by atoms with E-state index in [4.69, 9.17) is 0 Å². The molecule has 1 N–H and O–H groups in total. The third-order valence-corrected chi connectivity index (χ3v) is 4.35. The Morgan fingerprint density at radius 1 is 1.00 bits per heavy atom. The van der Waals surface area contributed by atoms with Gasteiger partial charge in [0.2, 0.25) is 0 Å². The lowest BCUT2D eigenvalue weighted by molar-refractivity contribution is 0.0201. The minimum absolute atomic E-state index is 0.0209. The topological polar surface area (TPSA) is 20.2 Å². The first-order chi connectivity index (χ1) is 7.69. The van der Waals surface area contributed by atoms with Gasteiger partial charge in [-0.15, -0.1) is 0 Å². The average molecular weight is 226 g/mol. The fraction of sp³-hybridized carbons (Fsp3) is 1.00. The van der Waals surface area contributed by atoms with E-state index in [0.29, 0.717) is 11.8 Å². The molecule has 1 heteroatoms. The summed E-state index contributed by atoms with van der Waals surface area (Å²) in [4.78, 5) is 0. The van der Waals surface area contributed by atoms with Gasteiger partial charge in [-0.1, -0.05) is 46.5 Å². The van der Waals surface area contributed by atoms with Crippen molar-refractivity contribution in [1.29, 1.82) is 0 Å². The van der Waals surface area contributed by atoms with Crippen LogP contribution < -0.4 is 0 Å². The Hall–Kier alpha value is -0.0400. The zero-order valence-corrected chi connectivity index (χ0v) is 11.4. The molecule has 0 spiro atoms. The Labute approximate surface area is 102 Å². The highest BCUT2D eigenvalue weighted by Gasteiger charge is 2.29. The molecule has 1 atom stereocenters. The van der Waals surface area contributed by atoms with E-state index in [1.807, 2.05) is 0 Å². The molecule has 0 aliphatic heterocycles. The number of aliphatic hydroxyl groups is 1. The molecule has 0 radical (unpaired) electrons. The molecule has 0 heterocycles. The highest BCUT2D eigenvalue weighted by Crippen LogP contribution is 2.34. The maximum atomic E-state index is 10.5. The number of hydrogen-bond donors (Lipinski definition) is 1. The summed E-state index contributed by atoms with van der Waals surface area (Å²) in [6, 6.07) is 0. The van der Waals surface area contributed by atoms with Crippen LogP contribution in [0.15, 0.2) is 0 Å². The van der Waals surface area contributed by atoms with Gasteiger partial charge in [-0.3, -0.25) is 0 Å². The normalized spacial score (nSPS) is 28.3. The lowest BCUT2D eigenvalue weighted by Crippen LogP contribution is -2.32. The molecule has 0 bridgehead atoms. The Kier molecular flexibility index (Phi) is 6.41. The monoisotopic (exact) mass is 226 g/mol. The fourth-order valence-corrected chi connectivity index (χ4v) is 3.24. The van der Waals surface area contributed by atoms with Gasteiger partial charge in [0.05, 0.1) is 6.10 Å². The molecule has 1 aliphatic carbocycles. The molecular formula is C15H30O. The molecule has 1 nitrogen and oxygen atoms in total. The van der Waals surface area contributed by atoms with Crippen LogP contribution in [0, 0.1) is 17.8 Å². The Morgan fingerprint density at radius 2 is 1.50 bits per heavy atom. The van der Waals surface area contributed by atoms with Gasteiger partial charge in [0.15, 0.2) is 0 Å². The third kappa shape index (κ3) is 4.08. The molecule has 16 heavy (non-hydrogen) atoms. The van der Waals surface area contributed by atoms with Crippen molar-refractivity contribution < 1.29 is 5.11 Å². The van der Waals surface area contributed by atoms with Crippen molar-refractivity contribution in [3.05, 3.63) is 0 Å². The predicted octanol–water partition coefficient (Wildman–Crippen LogP) is 4.39. The number of rotatable bonds is 6. The molecule has 96 valence electrons. The molecule has 1 saturated carbocycles. The molecule has 1 fully saturated rings. The average Bonchev–Trinajstić information content (AvgIpc) is 2.29. The van der Waals surface area contributed by atoms with Gasteiger partial charge in [-0.05, 0) is 43.4 Å². The minimum atomic E-state index is -0.0209. The smallest absolute Gasteiger partial charge is 0.0596 e. The second kappa shape index (κ2) is 7.32. The van der Waals surface area contributed by atoms with E-state index >= 15 is 0 Å². The van der Waals surface area contributed by atoms with Crippen LogP contribution >= 0.6 is 0 Å². The molecule has 1 rings (SSSR count). The number of hydrogen-bond acceptors (Lipinski definition) is 1. The van der Waals surface area contributed by atoms with E-state index in [1.165, 1.54) is 51.4 Å². The minimum Gasteiger partial charge on any atom is -0.393 e. The Morgan fingerprint density at radius 3 is 1.94 bits per heavy atom.